The highest BCUT2D eigenvalue weighted by molar-refractivity contribution is 9.10. The molecule has 3 nitrogen and oxygen atoms in total. The van der Waals surface area contributed by atoms with Crippen LogP contribution >= 0.6 is 15.9 Å². The first-order valence-electron chi connectivity index (χ1n) is 7.11. The van der Waals surface area contributed by atoms with Crippen molar-refractivity contribution in [3.05, 3.63) is 57.8 Å². The number of nitrogens with zero attached hydrogens (tertiary/aromatic N) is 1. The molecular weight excluding hydrogens is 349 g/mol. The van der Waals surface area contributed by atoms with E-state index >= 15 is 0 Å². The van der Waals surface area contributed by atoms with E-state index in [1.807, 2.05) is 6.07 Å². The molecule has 114 valence electrons. The van der Waals surface area contributed by atoms with Gasteiger partial charge in [0.05, 0.1) is 16.7 Å². The van der Waals surface area contributed by atoms with Crippen molar-refractivity contribution in [1.82, 2.24) is 0 Å². The topological polar surface area (TPSA) is 40.5 Å². The molecule has 2 aromatic rings. The van der Waals surface area contributed by atoms with E-state index in [-0.39, 0.29) is 17.5 Å². The zero-order valence-electron chi connectivity index (χ0n) is 11.9. The molecule has 0 radical (unpaired) electrons. The van der Waals surface area contributed by atoms with Crippen LogP contribution in [0.2, 0.25) is 0 Å². The summed E-state index contributed by atoms with van der Waals surface area (Å²) in [5.74, 6) is -0.235. The largest absolute Gasteiger partial charge is 0.507 e. The third-order valence-electron chi connectivity index (χ3n) is 3.81. The van der Waals surface area contributed by atoms with Crippen molar-refractivity contribution < 1.29 is 14.3 Å². The van der Waals surface area contributed by atoms with Gasteiger partial charge in [-0.15, -0.1) is 0 Å². The maximum absolute atomic E-state index is 13.4. The second kappa shape index (κ2) is 6.08. The lowest BCUT2D eigenvalue weighted by molar-refractivity contribution is -0.118. The van der Waals surface area contributed by atoms with Crippen LogP contribution in [-0.4, -0.2) is 11.0 Å². The average Bonchev–Trinajstić information content (AvgIpc) is 2.61. The highest BCUT2D eigenvalue weighted by atomic mass is 79.9. The highest BCUT2D eigenvalue weighted by Gasteiger charge is 2.23. The molecule has 3 rings (SSSR count). The number of aromatic hydroxyl groups is 1. The van der Waals surface area contributed by atoms with Gasteiger partial charge in [0.25, 0.3) is 0 Å². The number of carbonyl (C=O) groups is 1. The van der Waals surface area contributed by atoms with Gasteiger partial charge in [0, 0.05) is 12.5 Å². The number of hydrogen-bond acceptors (Lipinski definition) is 2. The van der Waals surface area contributed by atoms with Crippen LogP contribution in [0.1, 0.15) is 24.0 Å². The molecule has 0 spiro atoms. The van der Waals surface area contributed by atoms with E-state index in [1.54, 1.807) is 23.1 Å². The van der Waals surface area contributed by atoms with E-state index in [9.17, 15) is 14.3 Å². The van der Waals surface area contributed by atoms with E-state index in [0.717, 1.165) is 24.0 Å². The van der Waals surface area contributed by atoms with Gasteiger partial charge in [-0.3, -0.25) is 4.79 Å². The molecule has 1 amide bonds. The highest BCUT2D eigenvalue weighted by Crippen LogP contribution is 2.36. The average molecular weight is 364 g/mol. The normalized spacial score (nSPS) is 14.6. The molecule has 1 N–H and O–H groups in total. The van der Waals surface area contributed by atoms with E-state index in [2.05, 4.69) is 15.9 Å². The second-order valence-electron chi connectivity index (χ2n) is 5.40. The first-order valence-corrected chi connectivity index (χ1v) is 7.90. The number of hydrogen-bond donors (Lipinski definition) is 1. The molecule has 0 aliphatic carbocycles. The maximum atomic E-state index is 13.4. The number of aryl methyl sites for hydroxylation is 1. The Morgan fingerprint density at radius 2 is 2.05 bits per heavy atom. The lowest BCUT2D eigenvalue weighted by Crippen LogP contribution is -2.29. The Labute approximate surface area is 136 Å². The summed E-state index contributed by atoms with van der Waals surface area (Å²) in [6.07, 6.45) is 1.99. The fraction of sp³-hybridized carbons (Fsp3) is 0.235. The van der Waals surface area contributed by atoms with Gasteiger partial charge in [0.1, 0.15) is 11.6 Å². The van der Waals surface area contributed by atoms with Crippen molar-refractivity contribution in [2.45, 2.75) is 25.8 Å². The fourth-order valence-corrected chi connectivity index (χ4v) is 3.12. The van der Waals surface area contributed by atoms with Crippen molar-refractivity contribution >= 4 is 27.5 Å². The SMILES string of the molecule is O=C1CCCc2cc(Br)c(O)cc2N1Cc1cccc(F)c1. The molecule has 1 aliphatic heterocycles. The van der Waals surface area contributed by atoms with E-state index in [1.165, 1.54) is 12.1 Å². The lowest BCUT2D eigenvalue weighted by atomic mass is 10.1. The van der Waals surface area contributed by atoms with Crippen LogP contribution in [0.25, 0.3) is 0 Å². The van der Waals surface area contributed by atoms with Gasteiger partial charge in [-0.1, -0.05) is 12.1 Å². The third kappa shape index (κ3) is 2.99. The molecule has 1 aliphatic rings. The molecule has 0 saturated carbocycles. The second-order valence-corrected chi connectivity index (χ2v) is 6.25. The summed E-state index contributed by atoms with van der Waals surface area (Å²) >= 11 is 3.31. The van der Waals surface area contributed by atoms with Gasteiger partial charge in [0.2, 0.25) is 5.91 Å². The number of halogens is 2. The Balaban J connectivity index is 2.02. The van der Waals surface area contributed by atoms with Crippen molar-refractivity contribution in [2.24, 2.45) is 0 Å². The van der Waals surface area contributed by atoms with Crippen molar-refractivity contribution in [1.29, 1.82) is 0 Å². The van der Waals surface area contributed by atoms with Crippen LogP contribution in [-0.2, 0) is 17.8 Å². The number of anilines is 1. The Bertz CT molecular complexity index is 733. The number of amides is 1. The molecule has 0 aromatic heterocycles. The molecule has 5 heteroatoms. The maximum Gasteiger partial charge on any atom is 0.227 e. The molecule has 1 heterocycles. The molecule has 0 unspecified atom stereocenters. The Morgan fingerprint density at radius 3 is 2.82 bits per heavy atom. The number of rotatable bonds is 2. The minimum Gasteiger partial charge on any atom is -0.507 e. The van der Waals surface area contributed by atoms with Crippen molar-refractivity contribution in [2.75, 3.05) is 4.90 Å². The smallest absolute Gasteiger partial charge is 0.227 e. The first kappa shape index (κ1) is 15.0. The van der Waals surface area contributed by atoms with Crippen LogP contribution in [0.4, 0.5) is 10.1 Å². The zero-order valence-corrected chi connectivity index (χ0v) is 13.4. The molecule has 0 saturated heterocycles. The molecule has 2 aromatic carbocycles. The van der Waals surface area contributed by atoms with Gasteiger partial charge in [-0.2, -0.15) is 0 Å². The standard InChI is InChI=1S/C17H15BrFNO2/c18-14-8-12-4-2-6-17(22)20(15(12)9-16(14)21)10-11-3-1-5-13(19)7-11/h1,3,5,7-9,21H,2,4,6,10H2. The van der Waals surface area contributed by atoms with Crippen LogP contribution in [0.15, 0.2) is 40.9 Å². The minimum atomic E-state index is -0.321. The van der Waals surface area contributed by atoms with Crippen LogP contribution in [0.3, 0.4) is 0 Å². The van der Waals surface area contributed by atoms with Gasteiger partial charge in [-0.25, -0.2) is 4.39 Å². The molecule has 0 bridgehead atoms. The van der Waals surface area contributed by atoms with E-state index in [4.69, 9.17) is 0 Å². The van der Waals surface area contributed by atoms with Gasteiger partial charge in [-0.05, 0) is 58.1 Å². The lowest BCUT2D eigenvalue weighted by Gasteiger charge is -2.23. The summed E-state index contributed by atoms with van der Waals surface area (Å²) in [7, 11) is 0. The number of carbonyl (C=O) groups excluding carboxylic acids is 1. The Hall–Kier alpha value is -1.88. The van der Waals surface area contributed by atoms with Crippen molar-refractivity contribution in [3.63, 3.8) is 0 Å². The molecule has 0 atom stereocenters. The number of phenolic OH excluding ortho intramolecular Hbond substituents is 1. The molecule has 0 fully saturated rings. The summed E-state index contributed by atoms with van der Waals surface area (Å²) in [6.45, 7) is 0.296. The number of benzene rings is 2. The number of fused-ring (bicyclic) bond motifs is 1. The summed E-state index contributed by atoms with van der Waals surface area (Å²) in [5.41, 5.74) is 2.43. The summed E-state index contributed by atoms with van der Waals surface area (Å²) in [5, 5.41) is 9.94. The van der Waals surface area contributed by atoms with Gasteiger partial charge >= 0.3 is 0 Å². The predicted octanol–water partition coefficient (Wildman–Crippen LogP) is 4.16. The molecule has 22 heavy (non-hydrogen) atoms. The summed E-state index contributed by atoms with van der Waals surface area (Å²) in [4.78, 5) is 14.0. The number of phenols is 1. The van der Waals surface area contributed by atoms with Crippen LogP contribution in [0.5, 0.6) is 5.75 Å². The third-order valence-corrected chi connectivity index (χ3v) is 4.44. The van der Waals surface area contributed by atoms with Crippen LogP contribution in [0, 0.1) is 5.82 Å². The van der Waals surface area contributed by atoms with Crippen LogP contribution < -0.4 is 4.90 Å². The predicted molar refractivity (Wildman–Crippen MR) is 86.3 cm³/mol. The summed E-state index contributed by atoms with van der Waals surface area (Å²) < 4.78 is 14.0. The Morgan fingerprint density at radius 1 is 1.23 bits per heavy atom. The Kier molecular flexibility index (Phi) is 4.16. The minimum absolute atomic E-state index is 0.00951. The van der Waals surface area contributed by atoms with Gasteiger partial charge in [0.15, 0.2) is 0 Å². The van der Waals surface area contributed by atoms with E-state index < -0.39 is 0 Å². The fourth-order valence-electron chi connectivity index (χ4n) is 2.73. The van der Waals surface area contributed by atoms with E-state index in [0.29, 0.717) is 23.1 Å². The van der Waals surface area contributed by atoms with Gasteiger partial charge < -0.3 is 10.0 Å². The van der Waals surface area contributed by atoms with Crippen molar-refractivity contribution in [3.8, 4) is 5.75 Å². The molecular formula is C17H15BrFNO2. The quantitative estimate of drug-likeness (QED) is 0.869. The summed E-state index contributed by atoms with van der Waals surface area (Å²) in [6, 6.07) is 9.68. The zero-order chi connectivity index (χ0) is 15.7. The first-order chi connectivity index (χ1) is 10.5. The monoisotopic (exact) mass is 363 g/mol.